The second-order valence-electron chi connectivity index (χ2n) is 12.3. The van der Waals surface area contributed by atoms with Gasteiger partial charge < -0.3 is 15.5 Å². The summed E-state index contributed by atoms with van der Waals surface area (Å²) in [4.78, 5) is 12.3. The van der Waals surface area contributed by atoms with Gasteiger partial charge in [-0.05, 0) is 19.3 Å². The summed E-state index contributed by atoms with van der Waals surface area (Å²) in [6.45, 7) is 4.29. The fourth-order valence-corrected chi connectivity index (χ4v) is 5.47. The Kier molecular flexibility index (Phi) is 31.9. The fraction of sp³-hybridized carbons (Fsp3) is 0.917. The fourth-order valence-electron chi connectivity index (χ4n) is 5.47. The third-order valence-electron chi connectivity index (χ3n) is 8.27. The van der Waals surface area contributed by atoms with Crippen LogP contribution in [0.15, 0.2) is 12.2 Å². The van der Waals surface area contributed by atoms with Crippen molar-refractivity contribution in [3.63, 3.8) is 0 Å². The van der Waals surface area contributed by atoms with Crippen molar-refractivity contribution >= 4 is 5.91 Å². The van der Waals surface area contributed by atoms with Gasteiger partial charge in [-0.3, -0.25) is 4.79 Å². The Bertz CT molecular complexity index is 536. The molecule has 0 saturated carbocycles. The molecule has 238 valence electrons. The lowest BCUT2D eigenvalue weighted by atomic mass is 10.0. The number of carbonyl (C=O) groups is 1. The molecule has 0 aromatic carbocycles. The van der Waals surface area contributed by atoms with Crippen LogP contribution in [-0.4, -0.2) is 34.9 Å². The first-order chi connectivity index (χ1) is 19.7. The number of nitrogens with one attached hydrogen (secondary N) is 1. The zero-order valence-corrected chi connectivity index (χ0v) is 27.1. The largest absolute Gasteiger partial charge is 0.394 e. The Morgan fingerprint density at radius 1 is 0.575 bits per heavy atom. The van der Waals surface area contributed by atoms with Crippen LogP contribution in [0, 0.1) is 0 Å². The Labute approximate surface area is 250 Å². The van der Waals surface area contributed by atoms with E-state index in [1.807, 2.05) is 6.08 Å². The van der Waals surface area contributed by atoms with E-state index in [-0.39, 0.29) is 12.5 Å². The van der Waals surface area contributed by atoms with Crippen molar-refractivity contribution < 1.29 is 15.0 Å². The van der Waals surface area contributed by atoms with Gasteiger partial charge in [-0.1, -0.05) is 180 Å². The van der Waals surface area contributed by atoms with Gasteiger partial charge in [-0.25, -0.2) is 0 Å². The van der Waals surface area contributed by atoms with Gasteiger partial charge in [0.15, 0.2) is 0 Å². The molecule has 0 aliphatic carbocycles. The van der Waals surface area contributed by atoms with E-state index in [0.717, 1.165) is 25.7 Å². The molecular formula is C36H71NO3. The minimum absolute atomic E-state index is 0.0635. The molecule has 0 bridgehead atoms. The first-order valence-electron chi connectivity index (χ1n) is 17.9. The number of amides is 1. The number of aliphatic hydroxyl groups is 2. The van der Waals surface area contributed by atoms with Crippen molar-refractivity contribution in [1.82, 2.24) is 5.32 Å². The number of aliphatic hydroxyl groups excluding tert-OH is 2. The molecule has 0 radical (unpaired) electrons. The maximum atomic E-state index is 12.3. The molecule has 0 aromatic heterocycles. The molecule has 2 atom stereocenters. The van der Waals surface area contributed by atoms with Crippen LogP contribution in [0.25, 0.3) is 0 Å². The SMILES string of the molecule is CCCCCCCCCCC/C=C/[C@@H](O)[C@H](CO)NC(=O)CCCCCCCCCCCCCCCCCCC. The summed E-state index contributed by atoms with van der Waals surface area (Å²) in [5.74, 6) is -0.0635. The highest BCUT2D eigenvalue weighted by atomic mass is 16.3. The lowest BCUT2D eigenvalue weighted by Gasteiger charge is -2.20. The minimum atomic E-state index is -0.830. The zero-order valence-electron chi connectivity index (χ0n) is 27.1. The van der Waals surface area contributed by atoms with Crippen LogP contribution in [0.1, 0.15) is 194 Å². The summed E-state index contributed by atoms with van der Waals surface area (Å²) < 4.78 is 0. The number of rotatable bonds is 32. The minimum Gasteiger partial charge on any atom is -0.394 e. The van der Waals surface area contributed by atoms with Crippen LogP contribution >= 0.6 is 0 Å². The molecule has 0 aromatic rings. The molecule has 0 unspecified atom stereocenters. The van der Waals surface area contributed by atoms with Gasteiger partial charge in [-0.15, -0.1) is 0 Å². The number of hydrogen-bond donors (Lipinski definition) is 3. The smallest absolute Gasteiger partial charge is 0.220 e. The second kappa shape index (κ2) is 32.6. The second-order valence-corrected chi connectivity index (χ2v) is 12.3. The number of unbranched alkanes of at least 4 members (excludes halogenated alkanes) is 25. The van der Waals surface area contributed by atoms with Gasteiger partial charge in [-0.2, -0.15) is 0 Å². The number of allylic oxidation sites excluding steroid dienone is 1. The summed E-state index contributed by atoms with van der Waals surface area (Å²) >= 11 is 0. The van der Waals surface area contributed by atoms with E-state index in [4.69, 9.17) is 0 Å². The Balaban J connectivity index is 3.57. The normalized spacial score (nSPS) is 13.2. The van der Waals surface area contributed by atoms with E-state index in [2.05, 4.69) is 19.2 Å². The van der Waals surface area contributed by atoms with Gasteiger partial charge >= 0.3 is 0 Å². The van der Waals surface area contributed by atoms with E-state index in [1.165, 1.54) is 148 Å². The molecular weight excluding hydrogens is 494 g/mol. The van der Waals surface area contributed by atoms with Crippen LogP contribution in [0.5, 0.6) is 0 Å². The average molecular weight is 566 g/mol. The van der Waals surface area contributed by atoms with E-state index in [1.54, 1.807) is 6.08 Å². The molecule has 0 spiro atoms. The maximum absolute atomic E-state index is 12.3. The molecule has 0 saturated heterocycles. The van der Waals surface area contributed by atoms with Crippen molar-refractivity contribution in [2.45, 2.75) is 206 Å². The standard InChI is InChI=1S/C36H71NO3/c1-3-5-7-9-11-13-15-16-17-18-19-20-22-24-26-28-30-32-36(40)37-34(33-38)35(39)31-29-27-25-23-21-14-12-10-8-6-4-2/h29,31,34-35,38-39H,3-28,30,32-33H2,1-2H3,(H,37,40)/b31-29+/t34-,35+/m0/s1. The molecule has 0 fully saturated rings. The summed E-state index contributed by atoms with van der Waals surface area (Å²) in [6.07, 6.45) is 38.6. The Morgan fingerprint density at radius 3 is 1.30 bits per heavy atom. The van der Waals surface area contributed by atoms with Crippen LogP contribution < -0.4 is 5.32 Å². The molecule has 1 amide bonds. The number of carbonyl (C=O) groups excluding carboxylic acids is 1. The number of hydrogen-bond acceptors (Lipinski definition) is 3. The van der Waals surface area contributed by atoms with Crippen molar-refractivity contribution in [3.05, 3.63) is 12.2 Å². The van der Waals surface area contributed by atoms with Gasteiger partial charge in [0.05, 0.1) is 18.8 Å². The third-order valence-corrected chi connectivity index (χ3v) is 8.27. The third kappa shape index (κ3) is 28.7. The molecule has 3 N–H and O–H groups in total. The summed E-state index contributed by atoms with van der Waals surface area (Å²) in [7, 11) is 0. The van der Waals surface area contributed by atoms with Crippen molar-refractivity contribution in [3.8, 4) is 0 Å². The zero-order chi connectivity index (χ0) is 29.4. The monoisotopic (exact) mass is 566 g/mol. The van der Waals surface area contributed by atoms with Crippen LogP contribution in [-0.2, 0) is 4.79 Å². The highest BCUT2D eigenvalue weighted by Gasteiger charge is 2.17. The van der Waals surface area contributed by atoms with Crippen LogP contribution in [0.4, 0.5) is 0 Å². The van der Waals surface area contributed by atoms with E-state index < -0.39 is 12.1 Å². The van der Waals surface area contributed by atoms with Gasteiger partial charge in [0.1, 0.15) is 0 Å². The highest BCUT2D eigenvalue weighted by Crippen LogP contribution is 2.15. The van der Waals surface area contributed by atoms with Crippen molar-refractivity contribution in [2.75, 3.05) is 6.61 Å². The average Bonchev–Trinajstić information content (AvgIpc) is 2.96. The molecule has 0 heterocycles. The van der Waals surface area contributed by atoms with E-state index in [9.17, 15) is 15.0 Å². The first-order valence-corrected chi connectivity index (χ1v) is 17.9. The Hall–Kier alpha value is -0.870. The lowest BCUT2D eigenvalue weighted by Crippen LogP contribution is -2.45. The summed E-state index contributed by atoms with van der Waals surface area (Å²) in [5, 5.41) is 22.8. The van der Waals surface area contributed by atoms with Crippen molar-refractivity contribution in [2.24, 2.45) is 0 Å². The molecule has 0 rings (SSSR count). The summed E-state index contributed by atoms with van der Waals surface area (Å²) in [6, 6.07) is -0.613. The predicted molar refractivity (Wildman–Crippen MR) is 175 cm³/mol. The van der Waals surface area contributed by atoms with Crippen LogP contribution in [0.2, 0.25) is 0 Å². The summed E-state index contributed by atoms with van der Waals surface area (Å²) in [5.41, 5.74) is 0. The highest BCUT2D eigenvalue weighted by molar-refractivity contribution is 5.76. The Morgan fingerprint density at radius 2 is 0.925 bits per heavy atom. The van der Waals surface area contributed by atoms with Gasteiger partial charge in [0.2, 0.25) is 5.91 Å². The topological polar surface area (TPSA) is 69.6 Å². The van der Waals surface area contributed by atoms with Crippen molar-refractivity contribution in [1.29, 1.82) is 0 Å². The van der Waals surface area contributed by atoms with Crippen LogP contribution in [0.3, 0.4) is 0 Å². The van der Waals surface area contributed by atoms with E-state index >= 15 is 0 Å². The molecule has 0 aliphatic heterocycles. The van der Waals surface area contributed by atoms with Gasteiger partial charge in [0, 0.05) is 6.42 Å². The molecule has 40 heavy (non-hydrogen) atoms. The quantitative estimate of drug-likeness (QED) is 0.0561. The van der Waals surface area contributed by atoms with E-state index in [0.29, 0.717) is 6.42 Å². The van der Waals surface area contributed by atoms with Gasteiger partial charge in [0.25, 0.3) is 0 Å². The predicted octanol–water partition coefficient (Wildman–Crippen LogP) is 10.3. The first kappa shape index (κ1) is 39.1. The lowest BCUT2D eigenvalue weighted by molar-refractivity contribution is -0.123. The molecule has 0 aliphatic rings. The molecule has 4 nitrogen and oxygen atoms in total. The molecule has 4 heteroatoms. The maximum Gasteiger partial charge on any atom is 0.220 e.